The summed E-state index contributed by atoms with van der Waals surface area (Å²) in [5.74, 6) is 2.22. The highest BCUT2D eigenvalue weighted by atomic mass is 32.2. The molecule has 168 valence electrons. The largest absolute Gasteiger partial charge is 0.298 e. The van der Waals surface area contributed by atoms with E-state index in [0.717, 1.165) is 50.4 Å². The van der Waals surface area contributed by atoms with Crippen LogP contribution in [0.1, 0.15) is 37.8 Å². The van der Waals surface area contributed by atoms with Crippen molar-refractivity contribution in [1.29, 1.82) is 0 Å². The SMILES string of the molecule is CC(=O)SC1CCN(C(C(=O)C2CC2)c2ccccc2F)C/C1=C/CN1CCSCC1. The lowest BCUT2D eigenvalue weighted by atomic mass is 9.93. The van der Waals surface area contributed by atoms with E-state index in [4.69, 9.17) is 0 Å². The van der Waals surface area contributed by atoms with E-state index in [1.54, 1.807) is 19.1 Å². The van der Waals surface area contributed by atoms with Crippen molar-refractivity contribution < 1.29 is 14.0 Å². The molecule has 7 heteroatoms. The average molecular weight is 463 g/mol. The number of halogens is 1. The van der Waals surface area contributed by atoms with Crippen LogP contribution in [0.15, 0.2) is 35.9 Å². The zero-order chi connectivity index (χ0) is 21.8. The van der Waals surface area contributed by atoms with Gasteiger partial charge in [0.2, 0.25) is 0 Å². The van der Waals surface area contributed by atoms with Crippen LogP contribution in [0.4, 0.5) is 4.39 Å². The van der Waals surface area contributed by atoms with Crippen LogP contribution < -0.4 is 0 Å². The number of hydrogen-bond donors (Lipinski definition) is 0. The fourth-order valence-electron chi connectivity index (χ4n) is 4.48. The van der Waals surface area contributed by atoms with Crippen LogP contribution in [-0.2, 0) is 9.59 Å². The van der Waals surface area contributed by atoms with Gasteiger partial charge in [-0.15, -0.1) is 0 Å². The van der Waals surface area contributed by atoms with E-state index in [-0.39, 0.29) is 27.9 Å². The van der Waals surface area contributed by atoms with Gasteiger partial charge < -0.3 is 0 Å². The van der Waals surface area contributed by atoms with Crippen molar-refractivity contribution in [2.75, 3.05) is 44.2 Å². The molecule has 3 aliphatic rings. The third-order valence-electron chi connectivity index (χ3n) is 6.32. The number of carbonyl (C=O) groups excluding carboxylic acids is 2. The molecule has 4 rings (SSSR count). The molecule has 0 aromatic heterocycles. The van der Waals surface area contributed by atoms with Gasteiger partial charge in [-0.2, -0.15) is 11.8 Å². The number of carbonyl (C=O) groups is 2. The van der Waals surface area contributed by atoms with Crippen molar-refractivity contribution >= 4 is 34.4 Å². The Labute approximate surface area is 193 Å². The summed E-state index contributed by atoms with van der Waals surface area (Å²) in [6.07, 6.45) is 4.89. The van der Waals surface area contributed by atoms with Crippen molar-refractivity contribution in [3.63, 3.8) is 0 Å². The first kappa shape index (κ1) is 23.0. The Kier molecular flexibility index (Phi) is 7.91. The summed E-state index contributed by atoms with van der Waals surface area (Å²) in [5, 5.41) is 0.267. The van der Waals surface area contributed by atoms with E-state index in [0.29, 0.717) is 18.7 Å². The first-order valence-electron chi connectivity index (χ1n) is 11.2. The zero-order valence-corrected chi connectivity index (χ0v) is 19.7. The quantitative estimate of drug-likeness (QED) is 0.567. The van der Waals surface area contributed by atoms with Gasteiger partial charge in [-0.1, -0.05) is 36.0 Å². The van der Waals surface area contributed by atoms with Gasteiger partial charge in [0.1, 0.15) is 5.82 Å². The molecule has 1 aromatic carbocycles. The van der Waals surface area contributed by atoms with Crippen molar-refractivity contribution in [2.45, 2.75) is 37.5 Å². The molecule has 2 saturated heterocycles. The van der Waals surface area contributed by atoms with E-state index < -0.39 is 6.04 Å². The fourth-order valence-corrected chi connectivity index (χ4v) is 6.41. The van der Waals surface area contributed by atoms with Crippen molar-refractivity contribution in [1.82, 2.24) is 9.80 Å². The second-order valence-electron chi connectivity index (χ2n) is 8.65. The van der Waals surface area contributed by atoms with Gasteiger partial charge in [-0.25, -0.2) is 4.39 Å². The van der Waals surface area contributed by atoms with Gasteiger partial charge >= 0.3 is 0 Å². The fraction of sp³-hybridized carbons (Fsp3) is 0.583. The lowest BCUT2D eigenvalue weighted by Gasteiger charge is -2.39. The first-order valence-corrected chi connectivity index (χ1v) is 13.2. The smallest absolute Gasteiger partial charge is 0.186 e. The average Bonchev–Trinajstić information content (AvgIpc) is 3.61. The number of likely N-dealkylation sites (tertiary alicyclic amines) is 1. The van der Waals surface area contributed by atoms with Gasteiger partial charge in [0.25, 0.3) is 0 Å². The molecule has 3 fully saturated rings. The summed E-state index contributed by atoms with van der Waals surface area (Å²) in [6.45, 7) is 5.97. The molecule has 0 N–H and O–H groups in total. The summed E-state index contributed by atoms with van der Waals surface area (Å²) in [4.78, 5) is 29.7. The third kappa shape index (κ3) is 6.01. The molecular formula is C24H31FN2O2S2. The maximum atomic E-state index is 14.7. The molecule has 0 amide bonds. The Morgan fingerprint density at radius 1 is 1.19 bits per heavy atom. The lowest BCUT2D eigenvalue weighted by Crippen LogP contribution is -2.43. The van der Waals surface area contributed by atoms with E-state index in [1.807, 2.05) is 17.8 Å². The molecule has 1 saturated carbocycles. The second kappa shape index (κ2) is 10.6. The summed E-state index contributed by atoms with van der Waals surface area (Å²) in [5.41, 5.74) is 1.69. The highest BCUT2D eigenvalue weighted by Crippen LogP contribution is 2.40. The van der Waals surface area contributed by atoms with E-state index in [2.05, 4.69) is 15.9 Å². The number of benzene rings is 1. The molecular weight excluding hydrogens is 431 g/mol. The molecule has 31 heavy (non-hydrogen) atoms. The molecule has 0 bridgehead atoms. The summed E-state index contributed by atoms with van der Waals surface area (Å²) in [7, 11) is 0. The van der Waals surface area contributed by atoms with Gasteiger partial charge in [0.05, 0.1) is 6.04 Å². The van der Waals surface area contributed by atoms with Crippen LogP contribution in [-0.4, -0.2) is 70.2 Å². The number of piperidine rings is 1. The monoisotopic (exact) mass is 462 g/mol. The number of ketones is 1. The Bertz CT molecular complexity index is 837. The van der Waals surface area contributed by atoms with Gasteiger partial charge in [-0.3, -0.25) is 19.4 Å². The molecule has 0 radical (unpaired) electrons. The predicted molar refractivity (Wildman–Crippen MR) is 127 cm³/mol. The van der Waals surface area contributed by atoms with Crippen LogP contribution in [0.3, 0.4) is 0 Å². The standard InChI is InChI=1S/C24H31FN2O2S2/c1-17(28)31-22-9-11-27(16-19(22)8-10-26-12-14-30-15-13-26)23(24(29)18-6-7-18)20-4-2-3-5-21(20)25/h2-5,8,18,22-23H,6-7,9-16H2,1H3/b19-8-. The zero-order valence-electron chi connectivity index (χ0n) is 18.1. The van der Waals surface area contributed by atoms with E-state index >= 15 is 0 Å². The first-order chi connectivity index (χ1) is 15.0. The normalized spacial score (nSPS) is 25.5. The van der Waals surface area contributed by atoms with Crippen molar-refractivity contribution in [3.05, 3.63) is 47.3 Å². The highest BCUT2D eigenvalue weighted by Gasteiger charge is 2.41. The maximum Gasteiger partial charge on any atom is 0.186 e. The second-order valence-corrected chi connectivity index (χ2v) is 11.3. The summed E-state index contributed by atoms with van der Waals surface area (Å²) in [6, 6.07) is 6.16. The Morgan fingerprint density at radius 2 is 1.94 bits per heavy atom. The minimum Gasteiger partial charge on any atom is -0.298 e. The van der Waals surface area contributed by atoms with Crippen LogP contribution in [0, 0.1) is 11.7 Å². The molecule has 2 unspecified atom stereocenters. The third-order valence-corrected chi connectivity index (χ3v) is 8.41. The van der Waals surface area contributed by atoms with E-state index in [9.17, 15) is 14.0 Å². The molecule has 4 nitrogen and oxygen atoms in total. The van der Waals surface area contributed by atoms with E-state index in [1.165, 1.54) is 23.4 Å². The lowest BCUT2D eigenvalue weighted by molar-refractivity contribution is -0.126. The number of Topliss-reactive ketones (excluding diaryl/α,β-unsaturated/α-hetero) is 1. The Balaban J connectivity index is 1.56. The summed E-state index contributed by atoms with van der Waals surface area (Å²) >= 11 is 3.39. The number of rotatable bonds is 7. The minimum absolute atomic E-state index is 0.0622. The minimum atomic E-state index is -0.535. The summed E-state index contributed by atoms with van der Waals surface area (Å²) < 4.78 is 14.7. The van der Waals surface area contributed by atoms with Crippen molar-refractivity contribution in [3.8, 4) is 0 Å². The molecule has 0 spiro atoms. The van der Waals surface area contributed by atoms with Gasteiger partial charge in [0.15, 0.2) is 10.9 Å². The van der Waals surface area contributed by atoms with Crippen LogP contribution in [0.25, 0.3) is 0 Å². The van der Waals surface area contributed by atoms with Gasteiger partial charge in [-0.05, 0) is 30.9 Å². The van der Waals surface area contributed by atoms with Crippen LogP contribution in [0.5, 0.6) is 0 Å². The molecule has 1 aromatic rings. The Hall–Kier alpha value is -1.15. The topological polar surface area (TPSA) is 40.6 Å². The Morgan fingerprint density at radius 3 is 2.61 bits per heavy atom. The molecule has 2 heterocycles. The van der Waals surface area contributed by atoms with Crippen LogP contribution in [0.2, 0.25) is 0 Å². The number of nitrogens with zero attached hydrogens (tertiary/aromatic N) is 2. The van der Waals surface area contributed by atoms with Gasteiger partial charge in [0, 0.05) is 67.9 Å². The molecule has 2 atom stereocenters. The number of hydrogen-bond acceptors (Lipinski definition) is 6. The van der Waals surface area contributed by atoms with Crippen molar-refractivity contribution in [2.24, 2.45) is 5.92 Å². The maximum absolute atomic E-state index is 14.7. The van der Waals surface area contributed by atoms with Crippen LogP contribution >= 0.6 is 23.5 Å². The number of thioether (sulfide) groups is 2. The predicted octanol–water partition coefficient (Wildman–Crippen LogP) is 4.18. The highest BCUT2D eigenvalue weighted by molar-refractivity contribution is 8.14. The molecule has 2 aliphatic heterocycles. The molecule has 1 aliphatic carbocycles.